The second-order valence-corrected chi connectivity index (χ2v) is 6.85. The maximum Gasteiger partial charge on any atom is 0.255 e. The monoisotopic (exact) mass is 349 g/mol. The lowest BCUT2D eigenvalue weighted by Crippen LogP contribution is -2.25. The lowest BCUT2D eigenvalue weighted by molar-refractivity contribution is 0.0951. The van der Waals surface area contributed by atoms with Crippen LogP contribution in [0.3, 0.4) is 0 Å². The minimum atomic E-state index is -0.118. The predicted octanol–water partition coefficient (Wildman–Crippen LogP) is 3.25. The topological polar surface area (TPSA) is 71.8 Å². The van der Waals surface area contributed by atoms with Crippen molar-refractivity contribution in [3.63, 3.8) is 0 Å². The van der Waals surface area contributed by atoms with E-state index in [1.54, 1.807) is 17.1 Å². The molecule has 2 N–H and O–H groups in total. The molecule has 1 aromatic carbocycles. The van der Waals surface area contributed by atoms with Gasteiger partial charge in [0.15, 0.2) is 5.65 Å². The van der Waals surface area contributed by atoms with Crippen LogP contribution in [0.25, 0.3) is 11.0 Å². The van der Waals surface area contributed by atoms with Gasteiger partial charge >= 0.3 is 0 Å². The van der Waals surface area contributed by atoms with Gasteiger partial charge in [-0.15, -0.1) is 0 Å². The van der Waals surface area contributed by atoms with Gasteiger partial charge in [0, 0.05) is 25.8 Å². The Balaban J connectivity index is 1.63. The van der Waals surface area contributed by atoms with Gasteiger partial charge in [-0.25, -0.2) is 4.98 Å². The Kier molecular flexibility index (Phi) is 4.56. The molecule has 1 amide bonds. The lowest BCUT2D eigenvalue weighted by Gasteiger charge is -2.17. The lowest BCUT2D eigenvalue weighted by atomic mass is 10.1. The summed E-state index contributed by atoms with van der Waals surface area (Å²) in [6, 6.07) is 10.3. The highest BCUT2D eigenvalue weighted by atomic mass is 16.1. The number of benzene rings is 1. The number of pyridine rings is 1. The molecule has 1 fully saturated rings. The molecule has 1 aliphatic rings. The van der Waals surface area contributed by atoms with E-state index in [9.17, 15) is 4.79 Å². The molecule has 1 saturated carbocycles. The van der Waals surface area contributed by atoms with Crippen LogP contribution in [-0.2, 0) is 13.6 Å². The first-order valence-corrected chi connectivity index (χ1v) is 9.12. The zero-order valence-corrected chi connectivity index (χ0v) is 14.9. The van der Waals surface area contributed by atoms with E-state index in [-0.39, 0.29) is 5.91 Å². The Morgan fingerprint density at radius 3 is 2.73 bits per heavy atom. The number of fused-ring (bicyclic) bond motifs is 1. The van der Waals surface area contributed by atoms with Crippen LogP contribution in [0.15, 0.2) is 42.7 Å². The van der Waals surface area contributed by atoms with Crippen LogP contribution in [0, 0.1) is 0 Å². The summed E-state index contributed by atoms with van der Waals surface area (Å²) in [5.41, 5.74) is 3.28. The van der Waals surface area contributed by atoms with Crippen LogP contribution < -0.4 is 10.6 Å². The van der Waals surface area contributed by atoms with Crippen molar-refractivity contribution in [1.29, 1.82) is 0 Å². The molecule has 2 aromatic heterocycles. The number of carbonyl (C=O) groups is 1. The molecule has 0 aliphatic heterocycles. The molecular formula is C20H23N5O. The van der Waals surface area contributed by atoms with E-state index in [4.69, 9.17) is 0 Å². The SMILES string of the molecule is Cn1ncc2c(NC3CCCC3)c(C(=O)NCc3ccccc3)cnc21. The first kappa shape index (κ1) is 16.6. The van der Waals surface area contributed by atoms with Gasteiger partial charge in [0.25, 0.3) is 5.91 Å². The molecule has 3 aromatic rings. The molecule has 134 valence electrons. The minimum Gasteiger partial charge on any atom is -0.381 e. The molecular weight excluding hydrogens is 326 g/mol. The van der Waals surface area contributed by atoms with E-state index < -0.39 is 0 Å². The summed E-state index contributed by atoms with van der Waals surface area (Å²) in [6.45, 7) is 0.494. The molecule has 0 bridgehead atoms. The summed E-state index contributed by atoms with van der Waals surface area (Å²) in [5, 5.41) is 11.8. The highest BCUT2D eigenvalue weighted by Crippen LogP contribution is 2.30. The quantitative estimate of drug-likeness (QED) is 0.742. The predicted molar refractivity (Wildman–Crippen MR) is 102 cm³/mol. The van der Waals surface area contributed by atoms with Gasteiger partial charge in [-0.3, -0.25) is 9.48 Å². The number of rotatable bonds is 5. The van der Waals surface area contributed by atoms with Crippen molar-refractivity contribution in [3.8, 4) is 0 Å². The average Bonchev–Trinajstić information content (AvgIpc) is 3.31. The normalized spacial score (nSPS) is 14.7. The second-order valence-electron chi connectivity index (χ2n) is 6.85. The maximum absolute atomic E-state index is 12.8. The Labute approximate surface area is 152 Å². The van der Waals surface area contributed by atoms with E-state index in [1.165, 1.54) is 12.8 Å². The number of hydrogen-bond acceptors (Lipinski definition) is 4. The molecule has 0 spiro atoms. The van der Waals surface area contributed by atoms with Gasteiger partial charge in [-0.2, -0.15) is 5.10 Å². The van der Waals surface area contributed by atoms with Crippen molar-refractivity contribution >= 4 is 22.6 Å². The Hall–Kier alpha value is -2.89. The number of carbonyl (C=O) groups excluding carboxylic acids is 1. The third-order valence-electron chi connectivity index (χ3n) is 5.01. The third kappa shape index (κ3) is 3.27. The van der Waals surface area contributed by atoms with Gasteiger partial charge in [0.05, 0.1) is 22.8 Å². The molecule has 4 rings (SSSR count). The Morgan fingerprint density at radius 2 is 1.96 bits per heavy atom. The van der Waals surface area contributed by atoms with Gasteiger partial charge in [0.2, 0.25) is 0 Å². The fourth-order valence-corrected chi connectivity index (χ4v) is 3.57. The fourth-order valence-electron chi connectivity index (χ4n) is 3.57. The Morgan fingerprint density at radius 1 is 1.19 bits per heavy atom. The molecule has 0 atom stereocenters. The van der Waals surface area contributed by atoms with Crippen molar-refractivity contribution < 1.29 is 4.79 Å². The molecule has 2 heterocycles. The number of hydrogen-bond donors (Lipinski definition) is 2. The largest absolute Gasteiger partial charge is 0.381 e. The summed E-state index contributed by atoms with van der Waals surface area (Å²) >= 11 is 0. The average molecular weight is 349 g/mol. The van der Waals surface area contributed by atoms with Crippen LogP contribution >= 0.6 is 0 Å². The number of aromatic nitrogens is 3. The molecule has 0 saturated heterocycles. The van der Waals surface area contributed by atoms with Crippen LogP contribution in [0.2, 0.25) is 0 Å². The van der Waals surface area contributed by atoms with E-state index >= 15 is 0 Å². The van der Waals surface area contributed by atoms with Crippen LogP contribution in [0.4, 0.5) is 5.69 Å². The summed E-state index contributed by atoms with van der Waals surface area (Å²) in [4.78, 5) is 17.3. The van der Waals surface area contributed by atoms with Gasteiger partial charge < -0.3 is 10.6 Å². The number of anilines is 1. The molecule has 6 nitrogen and oxygen atoms in total. The molecule has 0 radical (unpaired) electrons. The zero-order chi connectivity index (χ0) is 17.9. The molecule has 1 aliphatic carbocycles. The van der Waals surface area contributed by atoms with Gasteiger partial charge in [0.1, 0.15) is 0 Å². The van der Waals surface area contributed by atoms with Crippen molar-refractivity contribution in [2.24, 2.45) is 7.05 Å². The molecule has 0 unspecified atom stereocenters. The van der Waals surface area contributed by atoms with E-state index in [0.29, 0.717) is 18.2 Å². The highest BCUT2D eigenvalue weighted by Gasteiger charge is 2.22. The van der Waals surface area contributed by atoms with E-state index in [1.807, 2.05) is 37.4 Å². The summed E-state index contributed by atoms with van der Waals surface area (Å²) in [5.74, 6) is -0.118. The van der Waals surface area contributed by atoms with Crippen LogP contribution in [0.5, 0.6) is 0 Å². The van der Waals surface area contributed by atoms with Crippen molar-refractivity contribution in [2.75, 3.05) is 5.32 Å². The Bertz CT molecular complexity index is 913. The third-order valence-corrected chi connectivity index (χ3v) is 5.01. The smallest absolute Gasteiger partial charge is 0.255 e. The minimum absolute atomic E-state index is 0.118. The number of amides is 1. The summed E-state index contributed by atoms with van der Waals surface area (Å²) < 4.78 is 1.74. The highest BCUT2D eigenvalue weighted by molar-refractivity contribution is 6.06. The first-order valence-electron chi connectivity index (χ1n) is 9.12. The zero-order valence-electron chi connectivity index (χ0n) is 14.9. The van der Waals surface area contributed by atoms with Crippen molar-refractivity contribution in [2.45, 2.75) is 38.3 Å². The standard InChI is InChI=1S/C20H23N5O/c1-25-19-16(13-23-25)18(24-15-9-5-6-10-15)17(12-21-19)20(26)22-11-14-7-3-2-4-8-14/h2-4,7-8,12-13,15H,5-6,9-11H2,1H3,(H,21,24)(H,22,26). The van der Waals surface area contributed by atoms with Crippen LogP contribution in [-0.4, -0.2) is 26.7 Å². The molecule has 26 heavy (non-hydrogen) atoms. The fraction of sp³-hybridized carbons (Fsp3) is 0.350. The van der Waals surface area contributed by atoms with Gasteiger partial charge in [-0.05, 0) is 18.4 Å². The van der Waals surface area contributed by atoms with Gasteiger partial charge in [-0.1, -0.05) is 43.2 Å². The molecule has 6 heteroatoms. The first-order chi connectivity index (χ1) is 12.7. The maximum atomic E-state index is 12.8. The summed E-state index contributed by atoms with van der Waals surface area (Å²) in [7, 11) is 1.86. The van der Waals surface area contributed by atoms with E-state index in [2.05, 4.69) is 20.7 Å². The second kappa shape index (κ2) is 7.15. The van der Waals surface area contributed by atoms with Crippen molar-refractivity contribution in [1.82, 2.24) is 20.1 Å². The number of nitrogens with zero attached hydrogens (tertiary/aromatic N) is 3. The number of aryl methyl sites for hydroxylation is 1. The number of nitrogens with one attached hydrogen (secondary N) is 2. The van der Waals surface area contributed by atoms with Crippen LogP contribution in [0.1, 0.15) is 41.6 Å². The summed E-state index contributed by atoms with van der Waals surface area (Å²) in [6.07, 6.45) is 8.17. The van der Waals surface area contributed by atoms with Crippen molar-refractivity contribution in [3.05, 3.63) is 53.9 Å². The van der Waals surface area contributed by atoms with E-state index in [0.717, 1.165) is 35.1 Å².